The number of amides is 1. The topological polar surface area (TPSA) is 70.9 Å². The quantitative estimate of drug-likeness (QED) is 0.617. The Morgan fingerprint density at radius 3 is 3.08 bits per heavy atom. The van der Waals surface area contributed by atoms with Gasteiger partial charge in [-0.15, -0.1) is 0 Å². The van der Waals surface area contributed by atoms with Gasteiger partial charge < -0.3 is 16.0 Å². The molecule has 4 nitrogen and oxygen atoms in total. The van der Waals surface area contributed by atoms with Gasteiger partial charge in [-0.2, -0.15) is 0 Å². The zero-order valence-corrected chi connectivity index (χ0v) is 7.55. The molecule has 0 aromatic carbocycles. The summed E-state index contributed by atoms with van der Waals surface area (Å²) < 4.78 is 0. The van der Waals surface area contributed by atoms with E-state index in [4.69, 9.17) is 5.73 Å². The molecule has 0 fully saturated rings. The first-order valence-electron chi connectivity index (χ1n) is 4.43. The molecule has 0 radical (unpaired) electrons. The number of hydrogen-bond donors (Lipinski definition) is 3. The number of aryl methyl sites for hydroxylation is 1. The number of aromatic nitrogens is 1. The molecule has 1 aromatic rings. The summed E-state index contributed by atoms with van der Waals surface area (Å²) in [6, 6.07) is 1.96. The van der Waals surface area contributed by atoms with Gasteiger partial charge in [0.1, 0.15) is 0 Å². The SMILES string of the molecule is Cc1cc2c([nH]1)[C@@H](CCN)NC2=O. The van der Waals surface area contributed by atoms with Crippen molar-refractivity contribution in [1.29, 1.82) is 0 Å². The average Bonchev–Trinajstić information content (AvgIpc) is 2.55. The molecule has 1 aliphatic rings. The monoisotopic (exact) mass is 179 g/mol. The van der Waals surface area contributed by atoms with Crippen molar-refractivity contribution in [2.24, 2.45) is 5.73 Å². The lowest BCUT2D eigenvalue weighted by atomic mass is 10.1. The lowest BCUT2D eigenvalue weighted by Gasteiger charge is -2.08. The predicted molar refractivity (Wildman–Crippen MR) is 49.4 cm³/mol. The second kappa shape index (κ2) is 2.88. The van der Waals surface area contributed by atoms with Crippen LogP contribution in [0.15, 0.2) is 6.07 Å². The smallest absolute Gasteiger partial charge is 0.253 e. The van der Waals surface area contributed by atoms with E-state index in [9.17, 15) is 4.79 Å². The number of fused-ring (bicyclic) bond motifs is 1. The van der Waals surface area contributed by atoms with Crippen LogP contribution in [-0.4, -0.2) is 17.4 Å². The Bertz CT molecular complexity index is 343. The van der Waals surface area contributed by atoms with E-state index >= 15 is 0 Å². The number of carbonyl (C=O) groups is 1. The van der Waals surface area contributed by atoms with Crippen molar-refractivity contribution in [2.45, 2.75) is 19.4 Å². The van der Waals surface area contributed by atoms with Crippen LogP contribution in [0.3, 0.4) is 0 Å². The van der Waals surface area contributed by atoms with E-state index in [1.807, 2.05) is 13.0 Å². The maximum atomic E-state index is 11.4. The molecule has 1 aromatic heterocycles. The zero-order chi connectivity index (χ0) is 9.42. The van der Waals surface area contributed by atoms with E-state index in [2.05, 4.69) is 10.3 Å². The molecule has 1 aliphatic heterocycles. The van der Waals surface area contributed by atoms with Crippen molar-refractivity contribution < 1.29 is 4.79 Å². The summed E-state index contributed by atoms with van der Waals surface area (Å²) in [7, 11) is 0. The minimum atomic E-state index is 0.0119. The van der Waals surface area contributed by atoms with Crippen molar-refractivity contribution >= 4 is 5.91 Å². The van der Waals surface area contributed by atoms with Crippen LogP contribution >= 0.6 is 0 Å². The molecule has 0 saturated carbocycles. The van der Waals surface area contributed by atoms with Gasteiger partial charge >= 0.3 is 0 Å². The van der Waals surface area contributed by atoms with Gasteiger partial charge in [0.25, 0.3) is 5.91 Å². The Morgan fingerprint density at radius 2 is 2.38 bits per heavy atom. The Balaban J connectivity index is 2.34. The summed E-state index contributed by atoms with van der Waals surface area (Å²) in [5.74, 6) is 0.0119. The highest BCUT2D eigenvalue weighted by Crippen LogP contribution is 2.26. The Hall–Kier alpha value is -1.29. The number of aromatic amines is 1. The van der Waals surface area contributed by atoms with Crippen molar-refractivity contribution in [2.75, 3.05) is 6.54 Å². The van der Waals surface area contributed by atoms with E-state index in [1.54, 1.807) is 0 Å². The minimum absolute atomic E-state index is 0.0119. The summed E-state index contributed by atoms with van der Waals surface area (Å²) in [5, 5.41) is 2.88. The fourth-order valence-electron chi connectivity index (χ4n) is 1.76. The second-order valence-corrected chi connectivity index (χ2v) is 3.38. The summed E-state index contributed by atoms with van der Waals surface area (Å²) in [6.07, 6.45) is 0.790. The number of rotatable bonds is 2. The fourth-order valence-corrected chi connectivity index (χ4v) is 1.76. The molecule has 4 heteroatoms. The van der Waals surface area contributed by atoms with Gasteiger partial charge in [0.15, 0.2) is 0 Å². The first-order chi connectivity index (χ1) is 6.22. The van der Waals surface area contributed by atoms with Crippen LogP contribution in [0.25, 0.3) is 0 Å². The lowest BCUT2D eigenvalue weighted by molar-refractivity contribution is 0.0955. The van der Waals surface area contributed by atoms with Gasteiger partial charge in [-0.1, -0.05) is 0 Å². The lowest BCUT2D eigenvalue weighted by Crippen LogP contribution is -2.22. The molecular formula is C9H13N3O. The van der Waals surface area contributed by atoms with E-state index in [1.165, 1.54) is 0 Å². The molecule has 2 heterocycles. The first kappa shape index (κ1) is 8.31. The van der Waals surface area contributed by atoms with E-state index in [-0.39, 0.29) is 11.9 Å². The Labute approximate surface area is 76.5 Å². The van der Waals surface area contributed by atoms with Crippen molar-refractivity contribution in [3.8, 4) is 0 Å². The molecule has 13 heavy (non-hydrogen) atoms. The summed E-state index contributed by atoms with van der Waals surface area (Å²) in [6.45, 7) is 2.54. The largest absolute Gasteiger partial charge is 0.360 e. The Morgan fingerprint density at radius 1 is 1.62 bits per heavy atom. The van der Waals surface area contributed by atoms with Gasteiger partial charge in [0.05, 0.1) is 17.3 Å². The molecular weight excluding hydrogens is 166 g/mol. The highest BCUT2D eigenvalue weighted by molar-refractivity contribution is 5.98. The van der Waals surface area contributed by atoms with Crippen LogP contribution < -0.4 is 11.1 Å². The standard InChI is InChI=1S/C9H13N3O/c1-5-4-6-8(11-5)7(2-3-10)12-9(6)13/h4,7,11H,2-3,10H2,1H3,(H,12,13)/t7-/m1/s1. The van der Waals surface area contributed by atoms with Crippen LogP contribution in [0.4, 0.5) is 0 Å². The van der Waals surface area contributed by atoms with E-state index in [0.29, 0.717) is 6.54 Å². The normalized spacial score (nSPS) is 20.2. The average molecular weight is 179 g/mol. The maximum Gasteiger partial charge on any atom is 0.253 e. The molecule has 0 spiro atoms. The van der Waals surface area contributed by atoms with Crippen molar-refractivity contribution in [3.63, 3.8) is 0 Å². The molecule has 0 unspecified atom stereocenters. The maximum absolute atomic E-state index is 11.4. The second-order valence-electron chi connectivity index (χ2n) is 3.38. The predicted octanol–water partition coefficient (Wildman–Crippen LogP) is 0.456. The molecule has 1 amide bonds. The highest BCUT2D eigenvalue weighted by Gasteiger charge is 2.29. The van der Waals surface area contributed by atoms with Gasteiger partial charge in [-0.25, -0.2) is 0 Å². The third-order valence-corrected chi connectivity index (χ3v) is 2.34. The summed E-state index contributed by atoms with van der Waals surface area (Å²) in [4.78, 5) is 14.6. The molecule has 4 N–H and O–H groups in total. The molecule has 1 atom stereocenters. The third-order valence-electron chi connectivity index (χ3n) is 2.34. The van der Waals surface area contributed by atoms with Crippen molar-refractivity contribution in [1.82, 2.24) is 10.3 Å². The van der Waals surface area contributed by atoms with Crippen LogP contribution in [0.1, 0.15) is 34.2 Å². The summed E-state index contributed by atoms with van der Waals surface area (Å²) in [5.41, 5.74) is 8.25. The van der Waals surface area contributed by atoms with Crippen LogP contribution in [0.5, 0.6) is 0 Å². The molecule has 70 valence electrons. The van der Waals surface area contributed by atoms with Gasteiger partial charge in [0.2, 0.25) is 0 Å². The minimum Gasteiger partial charge on any atom is -0.360 e. The number of nitrogens with two attached hydrogens (primary N) is 1. The van der Waals surface area contributed by atoms with Crippen molar-refractivity contribution in [3.05, 3.63) is 23.0 Å². The molecule has 0 bridgehead atoms. The van der Waals surface area contributed by atoms with Crippen LogP contribution in [0.2, 0.25) is 0 Å². The molecule has 0 aliphatic carbocycles. The molecule has 0 saturated heterocycles. The number of nitrogens with one attached hydrogen (secondary N) is 2. The summed E-state index contributed by atoms with van der Waals surface area (Å²) >= 11 is 0. The fraction of sp³-hybridized carbons (Fsp3) is 0.444. The van der Waals surface area contributed by atoms with E-state index < -0.39 is 0 Å². The first-order valence-corrected chi connectivity index (χ1v) is 4.43. The number of hydrogen-bond acceptors (Lipinski definition) is 2. The zero-order valence-electron chi connectivity index (χ0n) is 7.55. The van der Waals surface area contributed by atoms with Crippen LogP contribution in [-0.2, 0) is 0 Å². The van der Waals surface area contributed by atoms with Gasteiger partial charge in [0, 0.05) is 5.69 Å². The molecule has 2 rings (SSSR count). The van der Waals surface area contributed by atoms with Gasteiger partial charge in [-0.3, -0.25) is 4.79 Å². The van der Waals surface area contributed by atoms with Crippen LogP contribution in [0, 0.1) is 6.92 Å². The van der Waals surface area contributed by atoms with E-state index in [0.717, 1.165) is 23.4 Å². The third kappa shape index (κ3) is 1.23. The van der Waals surface area contributed by atoms with Gasteiger partial charge in [-0.05, 0) is 26.0 Å². The Kier molecular flexibility index (Phi) is 1.84. The number of carbonyl (C=O) groups excluding carboxylic acids is 1. The highest BCUT2D eigenvalue weighted by atomic mass is 16.2. The number of H-pyrrole nitrogens is 1.